The second-order valence-corrected chi connectivity index (χ2v) is 6.53. The SMILES string of the molecule is CC(=O)NCc1ccc([C@@H]2CCCN2Cc2nccs2)nc1. The minimum Gasteiger partial charge on any atom is -0.352 e. The number of likely N-dealkylation sites (tertiary alicyclic amines) is 1. The molecular weight excluding hydrogens is 296 g/mol. The molecule has 3 rings (SSSR count). The van der Waals surface area contributed by atoms with E-state index >= 15 is 0 Å². The molecule has 0 radical (unpaired) electrons. The van der Waals surface area contributed by atoms with Crippen molar-refractivity contribution in [1.82, 2.24) is 20.2 Å². The molecule has 116 valence electrons. The van der Waals surface area contributed by atoms with Crippen molar-refractivity contribution in [2.24, 2.45) is 0 Å². The lowest BCUT2D eigenvalue weighted by atomic mass is 10.1. The Labute approximate surface area is 134 Å². The third kappa shape index (κ3) is 3.69. The van der Waals surface area contributed by atoms with Gasteiger partial charge in [0.15, 0.2) is 0 Å². The first kappa shape index (κ1) is 15.1. The highest BCUT2D eigenvalue weighted by Crippen LogP contribution is 2.32. The molecule has 2 aromatic rings. The second kappa shape index (κ2) is 6.98. The van der Waals surface area contributed by atoms with Crippen LogP contribution in [0.1, 0.15) is 42.1 Å². The number of hydrogen-bond acceptors (Lipinski definition) is 5. The predicted octanol–water partition coefficient (Wildman–Crippen LogP) is 2.51. The summed E-state index contributed by atoms with van der Waals surface area (Å²) in [5, 5.41) is 5.98. The molecule has 0 unspecified atom stereocenters. The number of nitrogens with zero attached hydrogens (tertiary/aromatic N) is 3. The molecule has 0 aliphatic carbocycles. The summed E-state index contributed by atoms with van der Waals surface area (Å²) in [5.74, 6) is -0.0190. The van der Waals surface area contributed by atoms with E-state index in [0.29, 0.717) is 12.6 Å². The van der Waals surface area contributed by atoms with Gasteiger partial charge in [0.1, 0.15) is 5.01 Å². The Balaban J connectivity index is 1.65. The summed E-state index contributed by atoms with van der Waals surface area (Å²) in [6, 6.07) is 4.51. The number of nitrogens with one attached hydrogen (secondary N) is 1. The van der Waals surface area contributed by atoms with E-state index in [-0.39, 0.29) is 5.91 Å². The second-order valence-electron chi connectivity index (χ2n) is 5.56. The molecule has 0 spiro atoms. The Hall–Kier alpha value is -1.79. The van der Waals surface area contributed by atoms with E-state index in [2.05, 4.69) is 32.3 Å². The van der Waals surface area contributed by atoms with E-state index in [1.807, 2.05) is 17.8 Å². The molecule has 1 N–H and O–H groups in total. The van der Waals surface area contributed by atoms with E-state index in [9.17, 15) is 4.79 Å². The number of aromatic nitrogens is 2. The fourth-order valence-corrected chi connectivity index (χ4v) is 3.46. The minimum atomic E-state index is -0.0190. The molecule has 1 aliphatic heterocycles. The summed E-state index contributed by atoms with van der Waals surface area (Å²) in [7, 11) is 0. The summed E-state index contributed by atoms with van der Waals surface area (Å²) in [5.41, 5.74) is 2.14. The fourth-order valence-electron chi connectivity index (χ4n) is 2.82. The molecule has 0 aromatic carbocycles. The van der Waals surface area contributed by atoms with E-state index in [4.69, 9.17) is 0 Å². The summed E-state index contributed by atoms with van der Waals surface area (Å²) in [6.07, 6.45) is 6.07. The molecule has 22 heavy (non-hydrogen) atoms. The van der Waals surface area contributed by atoms with Gasteiger partial charge in [0, 0.05) is 31.2 Å². The van der Waals surface area contributed by atoms with E-state index in [1.54, 1.807) is 11.3 Å². The molecule has 1 amide bonds. The molecule has 5 nitrogen and oxygen atoms in total. The normalized spacial score (nSPS) is 18.5. The largest absolute Gasteiger partial charge is 0.352 e. The lowest BCUT2D eigenvalue weighted by molar-refractivity contribution is -0.119. The maximum absolute atomic E-state index is 10.9. The summed E-state index contributed by atoms with van der Waals surface area (Å²) >= 11 is 1.71. The number of amides is 1. The van der Waals surface area contributed by atoms with Gasteiger partial charge in [-0.2, -0.15) is 0 Å². The van der Waals surface area contributed by atoms with Gasteiger partial charge in [-0.15, -0.1) is 11.3 Å². The lowest BCUT2D eigenvalue weighted by Crippen LogP contribution is -2.23. The van der Waals surface area contributed by atoms with Crippen LogP contribution in [0.5, 0.6) is 0 Å². The molecule has 0 bridgehead atoms. The average Bonchev–Trinajstić information content (AvgIpc) is 3.18. The first-order chi connectivity index (χ1) is 10.7. The molecule has 1 saturated heterocycles. The van der Waals surface area contributed by atoms with Gasteiger partial charge in [-0.25, -0.2) is 4.98 Å². The summed E-state index contributed by atoms with van der Waals surface area (Å²) in [6.45, 7) is 4.06. The number of pyridine rings is 1. The number of carbonyl (C=O) groups excluding carboxylic acids is 1. The van der Waals surface area contributed by atoms with Crippen molar-refractivity contribution in [2.45, 2.75) is 38.9 Å². The molecular formula is C16H20N4OS. The van der Waals surface area contributed by atoms with Gasteiger partial charge in [-0.05, 0) is 31.0 Å². The van der Waals surface area contributed by atoms with Crippen LogP contribution in [0, 0.1) is 0 Å². The Bertz CT molecular complexity index is 612. The maximum Gasteiger partial charge on any atom is 0.217 e. The predicted molar refractivity (Wildman–Crippen MR) is 86.3 cm³/mol. The summed E-state index contributed by atoms with van der Waals surface area (Å²) < 4.78 is 0. The van der Waals surface area contributed by atoms with E-state index < -0.39 is 0 Å². The van der Waals surface area contributed by atoms with Crippen molar-refractivity contribution in [3.8, 4) is 0 Å². The zero-order valence-corrected chi connectivity index (χ0v) is 13.5. The summed E-state index contributed by atoms with van der Waals surface area (Å²) in [4.78, 5) is 22.4. The van der Waals surface area contributed by atoms with E-state index in [1.165, 1.54) is 13.3 Å². The number of carbonyl (C=O) groups is 1. The fraction of sp³-hybridized carbons (Fsp3) is 0.438. The molecule has 0 saturated carbocycles. The Morgan fingerprint density at radius 2 is 2.36 bits per heavy atom. The molecule has 1 aliphatic rings. The van der Waals surface area contributed by atoms with Crippen molar-refractivity contribution >= 4 is 17.2 Å². The van der Waals surface area contributed by atoms with Gasteiger partial charge in [-0.1, -0.05) is 6.07 Å². The standard InChI is InChI=1S/C16H20N4OS/c1-12(21)18-9-13-4-5-14(19-10-13)15-3-2-7-20(15)11-16-17-6-8-22-16/h4-6,8,10,15H,2-3,7,9,11H2,1H3,(H,18,21)/t15-/m0/s1. The molecule has 1 fully saturated rings. The third-order valence-corrected chi connectivity index (χ3v) is 4.68. The van der Waals surface area contributed by atoms with Crippen LogP contribution in [0.4, 0.5) is 0 Å². The van der Waals surface area contributed by atoms with Crippen LogP contribution in [-0.4, -0.2) is 27.3 Å². The lowest BCUT2D eigenvalue weighted by Gasteiger charge is -2.23. The highest BCUT2D eigenvalue weighted by Gasteiger charge is 2.27. The smallest absolute Gasteiger partial charge is 0.217 e. The van der Waals surface area contributed by atoms with Crippen molar-refractivity contribution < 1.29 is 4.79 Å². The van der Waals surface area contributed by atoms with Crippen molar-refractivity contribution in [1.29, 1.82) is 0 Å². The number of rotatable bonds is 5. The molecule has 2 aromatic heterocycles. The zero-order valence-electron chi connectivity index (χ0n) is 12.7. The third-order valence-electron chi connectivity index (χ3n) is 3.92. The van der Waals surface area contributed by atoms with Crippen LogP contribution in [0.2, 0.25) is 0 Å². The van der Waals surface area contributed by atoms with Crippen LogP contribution in [0.15, 0.2) is 29.9 Å². The van der Waals surface area contributed by atoms with Crippen LogP contribution in [-0.2, 0) is 17.9 Å². The van der Waals surface area contributed by atoms with Crippen molar-refractivity contribution in [3.63, 3.8) is 0 Å². The molecule has 1 atom stereocenters. The average molecular weight is 316 g/mol. The van der Waals surface area contributed by atoms with Gasteiger partial charge in [0.25, 0.3) is 0 Å². The minimum absolute atomic E-state index is 0.0190. The van der Waals surface area contributed by atoms with Gasteiger partial charge < -0.3 is 5.32 Å². The Kier molecular flexibility index (Phi) is 4.80. The topological polar surface area (TPSA) is 58.1 Å². The highest BCUT2D eigenvalue weighted by molar-refractivity contribution is 7.09. The van der Waals surface area contributed by atoms with Crippen LogP contribution < -0.4 is 5.32 Å². The zero-order chi connectivity index (χ0) is 15.4. The van der Waals surface area contributed by atoms with Gasteiger partial charge >= 0.3 is 0 Å². The van der Waals surface area contributed by atoms with Gasteiger partial charge in [0.05, 0.1) is 18.3 Å². The van der Waals surface area contributed by atoms with Gasteiger partial charge in [0.2, 0.25) is 5.91 Å². The Morgan fingerprint density at radius 3 is 3.05 bits per heavy atom. The van der Waals surface area contributed by atoms with Crippen LogP contribution in [0.25, 0.3) is 0 Å². The van der Waals surface area contributed by atoms with Crippen molar-refractivity contribution in [2.75, 3.05) is 6.54 Å². The first-order valence-electron chi connectivity index (χ1n) is 7.54. The number of thiazole rings is 1. The molecule has 6 heteroatoms. The number of hydrogen-bond donors (Lipinski definition) is 1. The molecule has 3 heterocycles. The highest BCUT2D eigenvalue weighted by atomic mass is 32.1. The maximum atomic E-state index is 10.9. The quantitative estimate of drug-likeness (QED) is 0.921. The van der Waals surface area contributed by atoms with Crippen LogP contribution >= 0.6 is 11.3 Å². The van der Waals surface area contributed by atoms with Gasteiger partial charge in [-0.3, -0.25) is 14.7 Å². The first-order valence-corrected chi connectivity index (χ1v) is 8.42. The van der Waals surface area contributed by atoms with Crippen LogP contribution in [0.3, 0.4) is 0 Å². The Morgan fingerprint density at radius 1 is 1.45 bits per heavy atom. The van der Waals surface area contributed by atoms with E-state index in [0.717, 1.165) is 35.8 Å². The van der Waals surface area contributed by atoms with Crippen molar-refractivity contribution in [3.05, 3.63) is 46.2 Å². The monoisotopic (exact) mass is 316 g/mol.